The fourth-order valence-electron chi connectivity index (χ4n) is 0.888. The third kappa shape index (κ3) is 4.03. The van der Waals surface area contributed by atoms with Crippen molar-refractivity contribution in [1.82, 2.24) is 0 Å². The summed E-state index contributed by atoms with van der Waals surface area (Å²) in [5, 5.41) is 8.48. The molecule has 0 aliphatic heterocycles. The van der Waals surface area contributed by atoms with Gasteiger partial charge in [-0.15, -0.1) is 0 Å². The molecule has 0 aliphatic rings. The van der Waals surface area contributed by atoms with E-state index in [1.54, 1.807) is 0 Å². The molecule has 3 heteroatoms. The molecule has 0 rings (SSSR count). The Kier molecular flexibility index (Phi) is 5.97. The Morgan fingerprint density at radius 3 is 2.40 bits per heavy atom. The molecule has 0 aliphatic carbocycles. The van der Waals surface area contributed by atoms with E-state index < -0.39 is 0 Å². The minimum Gasteiger partial charge on any atom is -0.394 e. The summed E-state index contributed by atoms with van der Waals surface area (Å²) in [6.07, 6.45) is 1.07. The molecule has 1 unspecified atom stereocenters. The summed E-state index contributed by atoms with van der Waals surface area (Å²) in [5.74, 6) is 0. The van der Waals surface area contributed by atoms with Gasteiger partial charge in [0.2, 0.25) is 0 Å². The summed E-state index contributed by atoms with van der Waals surface area (Å²) in [6.45, 7) is 7.23. The number of ether oxygens (including phenoxy) is 1. The molecule has 0 heterocycles. The van der Waals surface area contributed by atoms with Crippen LogP contribution in [0.3, 0.4) is 0 Å². The molecule has 1 N–H and O–H groups in total. The third-order valence-electron chi connectivity index (χ3n) is 1.43. The van der Waals surface area contributed by atoms with Crippen molar-refractivity contribution in [2.45, 2.75) is 32.2 Å². The molecule has 0 amide bonds. The van der Waals surface area contributed by atoms with Crippen LogP contribution >= 0.6 is 0 Å². The monoisotopic (exact) mass is 161 g/mol. The number of aliphatic hydroxyl groups excluding tert-OH is 1. The van der Waals surface area contributed by atoms with Crippen LogP contribution in [-0.4, -0.2) is 32.8 Å². The molecule has 61 valence electrons. The molecule has 0 aromatic heterocycles. The highest BCUT2D eigenvalue weighted by Crippen LogP contribution is 2.01. The summed E-state index contributed by atoms with van der Waals surface area (Å²) in [4.78, 5) is 0. The van der Waals surface area contributed by atoms with Gasteiger partial charge < -0.3 is 9.84 Å². The van der Waals surface area contributed by atoms with Gasteiger partial charge >= 0.3 is 0 Å². The first-order chi connectivity index (χ1) is 4.72. The van der Waals surface area contributed by atoms with Crippen molar-refractivity contribution in [3.63, 3.8) is 0 Å². The van der Waals surface area contributed by atoms with E-state index in [1.165, 1.54) is 0 Å². The molecule has 0 spiro atoms. The zero-order valence-corrected chi connectivity index (χ0v) is 8.05. The van der Waals surface area contributed by atoms with Gasteiger partial charge in [0.1, 0.15) is 0 Å². The van der Waals surface area contributed by atoms with E-state index in [2.05, 4.69) is 20.0 Å². The Morgan fingerprint density at radius 2 is 2.10 bits per heavy atom. The number of rotatable bonds is 5. The standard InChI is InChI=1S/C7H17O2Si/c1-4-7(10(2)3)9-6-5-8/h7-8H,4-6H2,1-3H3. The van der Waals surface area contributed by atoms with Gasteiger partial charge in [0.15, 0.2) is 0 Å². The molecule has 0 fully saturated rings. The van der Waals surface area contributed by atoms with Crippen LogP contribution in [0.15, 0.2) is 0 Å². The highest BCUT2D eigenvalue weighted by atomic mass is 28.3. The van der Waals surface area contributed by atoms with Crippen molar-refractivity contribution in [2.75, 3.05) is 13.2 Å². The van der Waals surface area contributed by atoms with Crippen LogP contribution in [0.25, 0.3) is 0 Å². The number of aliphatic hydroxyl groups is 1. The summed E-state index contributed by atoms with van der Waals surface area (Å²) in [5.41, 5.74) is 0.414. The van der Waals surface area contributed by atoms with Crippen LogP contribution in [0.5, 0.6) is 0 Å². The van der Waals surface area contributed by atoms with Gasteiger partial charge in [-0.3, -0.25) is 0 Å². The maximum Gasteiger partial charge on any atom is 0.0783 e. The van der Waals surface area contributed by atoms with Crippen molar-refractivity contribution in [3.8, 4) is 0 Å². The van der Waals surface area contributed by atoms with E-state index in [9.17, 15) is 0 Å². The highest BCUT2D eigenvalue weighted by molar-refractivity contribution is 6.57. The van der Waals surface area contributed by atoms with Crippen molar-refractivity contribution >= 4 is 8.80 Å². The Labute approximate surface area is 64.8 Å². The summed E-state index contributed by atoms with van der Waals surface area (Å²) in [7, 11) is -0.330. The third-order valence-corrected chi connectivity index (χ3v) is 3.29. The van der Waals surface area contributed by atoms with Crippen molar-refractivity contribution in [3.05, 3.63) is 0 Å². The summed E-state index contributed by atoms with van der Waals surface area (Å²) in [6, 6.07) is 0. The van der Waals surface area contributed by atoms with Crippen LogP contribution in [0.1, 0.15) is 13.3 Å². The lowest BCUT2D eigenvalue weighted by atomic mass is 10.5. The zero-order chi connectivity index (χ0) is 7.98. The first-order valence-corrected chi connectivity index (χ1v) is 6.32. The molecule has 1 radical (unpaired) electrons. The van der Waals surface area contributed by atoms with Crippen LogP contribution in [0.4, 0.5) is 0 Å². The van der Waals surface area contributed by atoms with Gasteiger partial charge in [0, 0.05) is 5.73 Å². The molecule has 0 bridgehead atoms. The Morgan fingerprint density at radius 1 is 1.50 bits per heavy atom. The highest BCUT2D eigenvalue weighted by Gasteiger charge is 2.11. The maximum absolute atomic E-state index is 8.48. The molecule has 0 saturated carbocycles. The van der Waals surface area contributed by atoms with E-state index in [-0.39, 0.29) is 15.4 Å². The Hall–Kier alpha value is 0.137. The lowest BCUT2D eigenvalue weighted by Crippen LogP contribution is -2.28. The first-order valence-electron chi connectivity index (χ1n) is 3.74. The average Bonchev–Trinajstić information content (AvgIpc) is 1.89. The van der Waals surface area contributed by atoms with Gasteiger partial charge in [0.05, 0.1) is 22.0 Å². The predicted octanol–water partition coefficient (Wildman–Crippen LogP) is 1.07. The van der Waals surface area contributed by atoms with Crippen molar-refractivity contribution < 1.29 is 9.84 Å². The van der Waals surface area contributed by atoms with E-state index in [0.717, 1.165) is 6.42 Å². The van der Waals surface area contributed by atoms with Crippen molar-refractivity contribution in [2.24, 2.45) is 0 Å². The predicted molar refractivity (Wildman–Crippen MR) is 44.6 cm³/mol. The number of hydrogen-bond donors (Lipinski definition) is 1. The lowest BCUT2D eigenvalue weighted by Gasteiger charge is -2.17. The molecular formula is C7H17O2Si. The van der Waals surface area contributed by atoms with Crippen LogP contribution in [0.2, 0.25) is 13.1 Å². The summed E-state index contributed by atoms with van der Waals surface area (Å²) < 4.78 is 5.40. The fourth-order valence-corrected chi connectivity index (χ4v) is 2.16. The van der Waals surface area contributed by atoms with Gasteiger partial charge in [-0.1, -0.05) is 20.0 Å². The molecular weight excluding hydrogens is 144 g/mol. The quantitative estimate of drug-likeness (QED) is 0.611. The minimum atomic E-state index is -0.330. The van der Waals surface area contributed by atoms with Gasteiger partial charge in [-0.25, -0.2) is 0 Å². The van der Waals surface area contributed by atoms with Gasteiger partial charge in [0.25, 0.3) is 0 Å². The fraction of sp³-hybridized carbons (Fsp3) is 1.00. The number of hydrogen-bond acceptors (Lipinski definition) is 2. The smallest absolute Gasteiger partial charge is 0.0783 e. The van der Waals surface area contributed by atoms with Crippen LogP contribution in [-0.2, 0) is 4.74 Å². The normalized spacial score (nSPS) is 14.1. The van der Waals surface area contributed by atoms with Gasteiger partial charge in [-0.2, -0.15) is 0 Å². The Bertz CT molecular complexity index is 76.0. The molecule has 0 saturated heterocycles. The average molecular weight is 161 g/mol. The van der Waals surface area contributed by atoms with Gasteiger partial charge in [-0.05, 0) is 6.42 Å². The largest absolute Gasteiger partial charge is 0.394 e. The second-order valence-corrected chi connectivity index (χ2v) is 5.37. The maximum atomic E-state index is 8.48. The molecule has 1 atom stereocenters. The summed E-state index contributed by atoms with van der Waals surface area (Å²) >= 11 is 0. The second kappa shape index (κ2) is 5.89. The van der Waals surface area contributed by atoms with E-state index in [0.29, 0.717) is 12.3 Å². The topological polar surface area (TPSA) is 29.5 Å². The van der Waals surface area contributed by atoms with E-state index in [4.69, 9.17) is 9.84 Å². The first kappa shape index (κ1) is 10.1. The van der Waals surface area contributed by atoms with E-state index >= 15 is 0 Å². The lowest BCUT2D eigenvalue weighted by molar-refractivity contribution is 0.0665. The molecule has 0 aromatic rings. The SMILES string of the molecule is CCC(OCCO)[Si](C)C. The molecule has 10 heavy (non-hydrogen) atoms. The molecule has 0 aromatic carbocycles. The zero-order valence-electron chi connectivity index (χ0n) is 7.05. The molecule has 2 nitrogen and oxygen atoms in total. The Balaban J connectivity index is 3.40. The van der Waals surface area contributed by atoms with Crippen LogP contribution < -0.4 is 0 Å². The van der Waals surface area contributed by atoms with E-state index in [1.807, 2.05) is 0 Å². The van der Waals surface area contributed by atoms with Crippen LogP contribution in [0, 0.1) is 0 Å². The minimum absolute atomic E-state index is 0.144. The second-order valence-electron chi connectivity index (χ2n) is 2.57. The van der Waals surface area contributed by atoms with Crippen molar-refractivity contribution in [1.29, 1.82) is 0 Å².